The molecule has 1 saturated heterocycles. The van der Waals surface area contributed by atoms with E-state index in [0.29, 0.717) is 29.0 Å². The number of halogens is 1. The summed E-state index contributed by atoms with van der Waals surface area (Å²) in [6, 6.07) is 11.2. The van der Waals surface area contributed by atoms with Crippen molar-refractivity contribution in [3.05, 3.63) is 58.4 Å². The molecule has 3 aliphatic rings. The molecule has 3 heterocycles. The Balaban J connectivity index is 1.59. The van der Waals surface area contributed by atoms with E-state index >= 15 is 0 Å². The van der Waals surface area contributed by atoms with Gasteiger partial charge in [-0.25, -0.2) is 19.7 Å². The Morgan fingerprint density at radius 3 is 2.71 bits per heavy atom. The lowest BCUT2D eigenvalue weighted by Crippen LogP contribution is -2.43. The predicted octanol–water partition coefficient (Wildman–Crippen LogP) is 4.48. The van der Waals surface area contributed by atoms with Gasteiger partial charge in [-0.2, -0.15) is 0 Å². The minimum absolute atomic E-state index is 0.0369. The zero-order chi connectivity index (χ0) is 21.6. The zero-order valence-corrected chi connectivity index (χ0v) is 17.9. The highest BCUT2D eigenvalue weighted by Crippen LogP contribution is 2.49. The fraction of sp³-hybridized carbons (Fsp3) is 0.391. The van der Waals surface area contributed by atoms with Crippen LogP contribution in [0.5, 0.6) is 5.75 Å². The van der Waals surface area contributed by atoms with Gasteiger partial charge in [-0.3, -0.25) is 0 Å². The van der Waals surface area contributed by atoms with Gasteiger partial charge >= 0.3 is 0 Å². The fourth-order valence-corrected chi connectivity index (χ4v) is 4.83. The van der Waals surface area contributed by atoms with E-state index in [2.05, 4.69) is 4.85 Å². The average molecular weight is 439 g/mol. The monoisotopic (exact) mass is 438 g/mol. The van der Waals surface area contributed by atoms with Crippen LogP contribution in [-0.4, -0.2) is 37.4 Å². The zero-order valence-electron chi connectivity index (χ0n) is 17.2. The second-order valence-corrected chi connectivity index (χ2v) is 8.61. The lowest BCUT2D eigenvalue weighted by molar-refractivity contribution is -0.196. The molecule has 0 saturated carbocycles. The van der Waals surface area contributed by atoms with E-state index in [1.165, 1.54) is 5.06 Å². The molecule has 2 unspecified atom stereocenters. The quantitative estimate of drug-likeness (QED) is 0.700. The first-order valence-corrected chi connectivity index (χ1v) is 10.7. The number of ether oxygens (including phenoxy) is 2. The number of hydrogen-bond donors (Lipinski definition) is 1. The third kappa shape index (κ3) is 3.61. The molecule has 31 heavy (non-hydrogen) atoms. The Labute approximate surface area is 186 Å². The normalized spacial score (nSPS) is 25.6. The van der Waals surface area contributed by atoms with Crippen LogP contribution in [0.4, 0.5) is 5.69 Å². The molecule has 8 heteroatoms. The maximum absolute atomic E-state index is 7.33. The molecule has 2 aromatic rings. The van der Waals surface area contributed by atoms with Gasteiger partial charge in [-0.15, -0.1) is 0 Å². The number of nitrogens with zero attached hydrogens (tertiary/aromatic N) is 3. The minimum atomic E-state index is -0.938. The number of rotatable bonds is 2. The Morgan fingerprint density at radius 2 is 2.00 bits per heavy atom. The second kappa shape index (κ2) is 7.72. The van der Waals surface area contributed by atoms with E-state index in [0.717, 1.165) is 48.5 Å². The molecule has 2 N–H and O–H groups in total. The Bertz CT molecular complexity index is 1090. The van der Waals surface area contributed by atoms with Crippen LogP contribution in [0.25, 0.3) is 16.0 Å². The van der Waals surface area contributed by atoms with Crippen molar-refractivity contribution in [3.8, 4) is 16.9 Å². The average Bonchev–Trinajstić information content (AvgIpc) is 3.07. The molecule has 160 valence electrons. The van der Waals surface area contributed by atoms with Crippen LogP contribution in [0.3, 0.4) is 0 Å². The van der Waals surface area contributed by atoms with Crippen molar-refractivity contribution >= 4 is 23.2 Å². The van der Waals surface area contributed by atoms with E-state index in [1.54, 1.807) is 13.1 Å². The Morgan fingerprint density at radius 1 is 1.19 bits per heavy atom. The molecule has 0 radical (unpaired) electrons. The first-order chi connectivity index (χ1) is 15.0. The number of aliphatic imine (C=N–C) groups is 1. The van der Waals surface area contributed by atoms with Crippen molar-refractivity contribution in [2.24, 2.45) is 16.6 Å². The fourth-order valence-electron chi connectivity index (χ4n) is 4.60. The molecule has 0 bridgehead atoms. The van der Waals surface area contributed by atoms with Crippen molar-refractivity contribution < 1.29 is 14.3 Å². The third-order valence-electron chi connectivity index (χ3n) is 6.20. The summed E-state index contributed by atoms with van der Waals surface area (Å²) in [6.07, 6.45) is 2.43. The van der Waals surface area contributed by atoms with Crippen LogP contribution in [0, 0.1) is 12.5 Å². The van der Waals surface area contributed by atoms with Gasteiger partial charge in [0.05, 0.1) is 12.1 Å². The summed E-state index contributed by atoms with van der Waals surface area (Å²) in [5.41, 5.74) is 8.25. The van der Waals surface area contributed by atoms with Gasteiger partial charge in [0, 0.05) is 37.6 Å². The summed E-state index contributed by atoms with van der Waals surface area (Å²) in [5.74, 6) is 1.45. The van der Waals surface area contributed by atoms with Crippen molar-refractivity contribution in [3.63, 3.8) is 0 Å². The van der Waals surface area contributed by atoms with Gasteiger partial charge in [0.25, 0.3) is 0 Å². The summed E-state index contributed by atoms with van der Waals surface area (Å²) >= 11 is 6.24. The lowest BCUT2D eigenvalue weighted by atomic mass is 9.83. The van der Waals surface area contributed by atoms with Gasteiger partial charge in [0.1, 0.15) is 11.9 Å². The Hall–Kier alpha value is -2.79. The summed E-state index contributed by atoms with van der Waals surface area (Å²) < 4.78 is 12.0. The van der Waals surface area contributed by atoms with E-state index in [1.807, 2.05) is 30.3 Å². The largest absolute Gasteiger partial charge is 0.489 e. The van der Waals surface area contributed by atoms with E-state index in [4.69, 9.17) is 43.2 Å². The molecule has 7 nitrogen and oxygen atoms in total. The summed E-state index contributed by atoms with van der Waals surface area (Å²) in [4.78, 5) is 14.5. The first kappa shape index (κ1) is 20.1. The summed E-state index contributed by atoms with van der Waals surface area (Å²) in [5, 5.41) is 2.03. The smallest absolute Gasteiger partial charge is 0.221 e. The molecule has 0 aromatic heterocycles. The number of guanidine groups is 1. The molecule has 0 aliphatic carbocycles. The van der Waals surface area contributed by atoms with Gasteiger partial charge in [0.2, 0.25) is 11.7 Å². The highest BCUT2D eigenvalue weighted by molar-refractivity contribution is 6.31. The van der Waals surface area contributed by atoms with Gasteiger partial charge in [-0.1, -0.05) is 17.7 Å². The van der Waals surface area contributed by atoms with Gasteiger partial charge < -0.3 is 15.2 Å². The molecule has 1 fully saturated rings. The van der Waals surface area contributed by atoms with Gasteiger partial charge in [0.15, 0.2) is 5.69 Å². The number of hydrogen-bond acceptors (Lipinski definition) is 6. The van der Waals surface area contributed by atoms with Crippen molar-refractivity contribution in [2.45, 2.75) is 31.1 Å². The topological polar surface area (TPSA) is 73.7 Å². The van der Waals surface area contributed by atoms with Crippen molar-refractivity contribution in [1.29, 1.82) is 0 Å². The van der Waals surface area contributed by atoms with Crippen LogP contribution < -0.4 is 10.5 Å². The summed E-state index contributed by atoms with van der Waals surface area (Å²) in [7, 11) is 1.76. The van der Waals surface area contributed by atoms with E-state index in [-0.39, 0.29) is 6.10 Å². The standard InChI is InChI=1S/C23H23ClN4O3/c1-26-18-10-16(9-17(24)12-18)15-3-4-20-19(11-15)23(27-22(25)28(2)31-23)13-21(30-20)14-5-7-29-8-6-14/h3-4,9-12,14,21H,5-8,13H2,2H3,(H2,25,27). The van der Waals surface area contributed by atoms with E-state index in [9.17, 15) is 0 Å². The maximum Gasteiger partial charge on any atom is 0.221 e. The molecule has 5 rings (SSSR count). The lowest BCUT2D eigenvalue weighted by Gasteiger charge is -2.41. The predicted molar refractivity (Wildman–Crippen MR) is 118 cm³/mol. The van der Waals surface area contributed by atoms with Gasteiger partial charge in [-0.05, 0) is 54.3 Å². The van der Waals surface area contributed by atoms with Crippen LogP contribution in [0.2, 0.25) is 5.02 Å². The van der Waals surface area contributed by atoms with Crippen LogP contribution in [-0.2, 0) is 15.3 Å². The number of hydroxylamine groups is 2. The first-order valence-electron chi connectivity index (χ1n) is 10.3. The number of fused-ring (bicyclic) bond motifs is 2. The summed E-state index contributed by atoms with van der Waals surface area (Å²) in [6.45, 7) is 8.81. The molecular weight excluding hydrogens is 416 g/mol. The minimum Gasteiger partial charge on any atom is -0.489 e. The number of benzene rings is 2. The highest BCUT2D eigenvalue weighted by atomic mass is 35.5. The molecule has 3 aliphatic heterocycles. The third-order valence-corrected chi connectivity index (χ3v) is 6.42. The molecule has 1 spiro atoms. The molecular formula is C23H23ClN4O3. The van der Waals surface area contributed by atoms with Crippen molar-refractivity contribution in [1.82, 2.24) is 5.06 Å². The van der Waals surface area contributed by atoms with E-state index < -0.39 is 5.72 Å². The molecule has 2 atom stereocenters. The van der Waals surface area contributed by atoms with Crippen LogP contribution >= 0.6 is 11.6 Å². The van der Waals surface area contributed by atoms with Crippen LogP contribution in [0.1, 0.15) is 24.8 Å². The molecule has 2 aromatic carbocycles. The maximum atomic E-state index is 7.33. The number of nitrogens with two attached hydrogens (primary N) is 1. The SMILES string of the molecule is [C-]#[N+]c1cc(Cl)cc(-c2ccc3c(c2)C2(CC(C4CCOCC4)O3)N=C(N)N(C)O2)c1. The second-order valence-electron chi connectivity index (χ2n) is 8.17. The molecule has 0 amide bonds. The van der Waals surface area contributed by atoms with Crippen molar-refractivity contribution in [2.75, 3.05) is 20.3 Å². The van der Waals surface area contributed by atoms with Crippen LogP contribution in [0.15, 0.2) is 41.4 Å². The Kier molecular flexibility index (Phi) is 5.01. The highest BCUT2D eigenvalue weighted by Gasteiger charge is 2.50.